The zero-order valence-electron chi connectivity index (χ0n) is 14.0. The number of amides is 1. The van der Waals surface area contributed by atoms with Crippen molar-refractivity contribution in [3.63, 3.8) is 0 Å². The molecule has 0 atom stereocenters. The summed E-state index contributed by atoms with van der Waals surface area (Å²) < 4.78 is 5.47. The Balaban J connectivity index is 1.49. The maximum absolute atomic E-state index is 12.0. The Morgan fingerprint density at radius 1 is 1.12 bits per heavy atom. The van der Waals surface area contributed by atoms with Gasteiger partial charge < -0.3 is 15.0 Å². The Labute approximate surface area is 142 Å². The number of carbonyl (C=O) groups excluding carboxylic acids is 1. The number of pyridine rings is 1. The Bertz CT molecular complexity index is 662. The maximum atomic E-state index is 12.0. The summed E-state index contributed by atoms with van der Waals surface area (Å²) in [6, 6.07) is 11.5. The quantitative estimate of drug-likeness (QED) is 0.915. The second kappa shape index (κ2) is 7.81. The fourth-order valence-corrected chi connectivity index (χ4v) is 2.75. The number of aryl methyl sites for hydroxylation is 1. The molecule has 0 saturated carbocycles. The van der Waals surface area contributed by atoms with Gasteiger partial charge in [0.05, 0.1) is 11.9 Å². The zero-order chi connectivity index (χ0) is 16.8. The molecule has 24 heavy (non-hydrogen) atoms. The average Bonchev–Trinajstić information content (AvgIpc) is 2.63. The highest BCUT2D eigenvalue weighted by Crippen LogP contribution is 2.19. The van der Waals surface area contributed by atoms with E-state index in [2.05, 4.69) is 15.2 Å². The summed E-state index contributed by atoms with van der Waals surface area (Å²) in [4.78, 5) is 18.7. The fraction of sp³-hybridized carbons (Fsp3) is 0.368. The van der Waals surface area contributed by atoms with Gasteiger partial charge in [-0.15, -0.1) is 0 Å². The van der Waals surface area contributed by atoms with Gasteiger partial charge in [-0.05, 0) is 50.5 Å². The molecule has 1 aromatic carbocycles. The number of nitrogens with one attached hydrogen (secondary N) is 1. The number of hydrogen-bond donors (Lipinski definition) is 1. The third-order valence-corrected chi connectivity index (χ3v) is 4.10. The summed E-state index contributed by atoms with van der Waals surface area (Å²) in [6.07, 6.45) is 5.44. The van der Waals surface area contributed by atoms with Crippen molar-refractivity contribution >= 4 is 17.4 Å². The first-order chi connectivity index (χ1) is 11.7. The monoisotopic (exact) mass is 325 g/mol. The lowest BCUT2D eigenvalue weighted by Crippen LogP contribution is -2.30. The van der Waals surface area contributed by atoms with Crippen LogP contribution in [-0.2, 0) is 4.79 Å². The van der Waals surface area contributed by atoms with E-state index < -0.39 is 0 Å². The minimum absolute atomic E-state index is 0.0169. The lowest BCUT2D eigenvalue weighted by atomic mass is 10.1. The molecule has 126 valence electrons. The normalized spacial score (nSPS) is 14.3. The molecule has 0 spiro atoms. The Morgan fingerprint density at radius 2 is 1.88 bits per heavy atom. The number of anilines is 2. The van der Waals surface area contributed by atoms with Gasteiger partial charge in [0.15, 0.2) is 6.61 Å². The van der Waals surface area contributed by atoms with Crippen molar-refractivity contribution in [2.75, 3.05) is 29.9 Å². The molecule has 3 rings (SSSR count). The van der Waals surface area contributed by atoms with Crippen LogP contribution in [0.5, 0.6) is 5.75 Å². The topological polar surface area (TPSA) is 54.5 Å². The van der Waals surface area contributed by atoms with Crippen LogP contribution in [0.15, 0.2) is 42.6 Å². The predicted octanol–water partition coefficient (Wildman–Crippen LogP) is 3.40. The number of nitrogens with zero attached hydrogens (tertiary/aromatic N) is 2. The van der Waals surface area contributed by atoms with E-state index >= 15 is 0 Å². The van der Waals surface area contributed by atoms with Crippen LogP contribution in [0.25, 0.3) is 0 Å². The minimum atomic E-state index is -0.192. The Morgan fingerprint density at radius 3 is 2.54 bits per heavy atom. The van der Waals surface area contributed by atoms with E-state index in [1.54, 1.807) is 6.20 Å². The summed E-state index contributed by atoms with van der Waals surface area (Å²) >= 11 is 0. The summed E-state index contributed by atoms with van der Waals surface area (Å²) in [5.74, 6) is 1.47. The third kappa shape index (κ3) is 4.47. The number of ether oxygens (including phenoxy) is 1. The molecule has 1 aromatic heterocycles. The van der Waals surface area contributed by atoms with E-state index in [-0.39, 0.29) is 12.5 Å². The average molecular weight is 325 g/mol. The molecule has 1 aliphatic rings. The van der Waals surface area contributed by atoms with Gasteiger partial charge >= 0.3 is 0 Å². The van der Waals surface area contributed by atoms with Crippen molar-refractivity contribution in [3.8, 4) is 5.75 Å². The smallest absolute Gasteiger partial charge is 0.262 e. The van der Waals surface area contributed by atoms with Crippen molar-refractivity contribution in [2.45, 2.75) is 26.2 Å². The Hall–Kier alpha value is -2.56. The van der Waals surface area contributed by atoms with Crippen LogP contribution in [0.1, 0.15) is 24.8 Å². The van der Waals surface area contributed by atoms with Gasteiger partial charge in [0.2, 0.25) is 0 Å². The molecule has 0 aliphatic carbocycles. The molecule has 5 nitrogen and oxygen atoms in total. The van der Waals surface area contributed by atoms with Crippen LogP contribution < -0.4 is 15.0 Å². The van der Waals surface area contributed by atoms with Crippen molar-refractivity contribution in [1.29, 1.82) is 0 Å². The van der Waals surface area contributed by atoms with E-state index in [4.69, 9.17) is 4.74 Å². The third-order valence-electron chi connectivity index (χ3n) is 4.10. The van der Waals surface area contributed by atoms with Gasteiger partial charge in [0.1, 0.15) is 11.6 Å². The van der Waals surface area contributed by atoms with Gasteiger partial charge in [-0.25, -0.2) is 4.98 Å². The van der Waals surface area contributed by atoms with Crippen LogP contribution >= 0.6 is 0 Å². The number of benzene rings is 1. The molecular weight excluding hydrogens is 302 g/mol. The summed E-state index contributed by atoms with van der Waals surface area (Å²) in [5, 5.41) is 2.81. The number of piperidine rings is 1. The van der Waals surface area contributed by atoms with Crippen LogP contribution in [0.3, 0.4) is 0 Å². The molecule has 0 radical (unpaired) electrons. The molecule has 1 amide bonds. The molecule has 1 aliphatic heterocycles. The fourth-order valence-electron chi connectivity index (χ4n) is 2.75. The molecule has 0 unspecified atom stereocenters. The van der Waals surface area contributed by atoms with Crippen molar-refractivity contribution in [1.82, 2.24) is 4.98 Å². The largest absolute Gasteiger partial charge is 0.484 e. The highest BCUT2D eigenvalue weighted by atomic mass is 16.5. The second-order valence-electron chi connectivity index (χ2n) is 6.10. The molecule has 2 heterocycles. The van der Waals surface area contributed by atoms with Gasteiger partial charge in [-0.3, -0.25) is 4.79 Å². The molecule has 1 fully saturated rings. The predicted molar refractivity (Wildman–Crippen MR) is 95.6 cm³/mol. The summed E-state index contributed by atoms with van der Waals surface area (Å²) in [7, 11) is 0. The summed E-state index contributed by atoms with van der Waals surface area (Å²) in [6.45, 7) is 4.11. The van der Waals surface area contributed by atoms with Crippen molar-refractivity contribution in [3.05, 3.63) is 48.2 Å². The molecule has 5 heteroatoms. The molecule has 1 N–H and O–H groups in total. The van der Waals surface area contributed by atoms with Gasteiger partial charge in [-0.2, -0.15) is 0 Å². The number of aromatic nitrogens is 1. The van der Waals surface area contributed by atoms with Crippen LogP contribution in [0.4, 0.5) is 11.5 Å². The summed E-state index contributed by atoms with van der Waals surface area (Å²) in [5.41, 5.74) is 1.85. The van der Waals surface area contributed by atoms with Crippen molar-refractivity contribution < 1.29 is 9.53 Å². The van der Waals surface area contributed by atoms with Gasteiger partial charge in [-0.1, -0.05) is 17.7 Å². The lowest BCUT2D eigenvalue weighted by Gasteiger charge is -2.27. The first kappa shape index (κ1) is 16.3. The highest BCUT2D eigenvalue weighted by Gasteiger charge is 2.12. The maximum Gasteiger partial charge on any atom is 0.262 e. The second-order valence-corrected chi connectivity index (χ2v) is 6.10. The first-order valence-corrected chi connectivity index (χ1v) is 8.41. The van der Waals surface area contributed by atoms with E-state index in [0.29, 0.717) is 11.4 Å². The molecular formula is C19H23N3O2. The number of carbonyl (C=O) groups is 1. The van der Waals surface area contributed by atoms with Gasteiger partial charge in [0, 0.05) is 13.1 Å². The van der Waals surface area contributed by atoms with E-state index in [0.717, 1.165) is 24.5 Å². The first-order valence-electron chi connectivity index (χ1n) is 8.41. The van der Waals surface area contributed by atoms with E-state index in [9.17, 15) is 4.79 Å². The Kier molecular flexibility index (Phi) is 5.31. The number of hydrogen-bond acceptors (Lipinski definition) is 4. The molecule has 1 saturated heterocycles. The minimum Gasteiger partial charge on any atom is -0.484 e. The number of rotatable bonds is 5. The zero-order valence-corrected chi connectivity index (χ0v) is 14.0. The lowest BCUT2D eigenvalue weighted by molar-refractivity contribution is -0.118. The van der Waals surface area contributed by atoms with Crippen LogP contribution in [0.2, 0.25) is 0 Å². The van der Waals surface area contributed by atoms with E-state index in [1.807, 2.05) is 43.3 Å². The van der Waals surface area contributed by atoms with Crippen LogP contribution in [-0.4, -0.2) is 30.6 Å². The van der Waals surface area contributed by atoms with E-state index in [1.165, 1.54) is 19.3 Å². The van der Waals surface area contributed by atoms with Crippen LogP contribution in [0, 0.1) is 6.92 Å². The molecule has 0 bridgehead atoms. The SMILES string of the molecule is Cc1ccc(OCC(=O)Nc2ccc(N3CCCCC3)nc2)cc1. The highest BCUT2D eigenvalue weighted by molar-refractivity contribution is 5.91. The van der Waals surface area contributed by atoms with Gasteiger partial charge in [0.25, 0.3) is 5.91 Å². The van der Waals surface area contributed by atoms with Crippen molar-refractivity contribution in [2.24, 2.45) is 0 Å². The molecule has 2 aromatic rings. The standard InChI is InChI=1S/C19H23N3O2/c1-15-5-8-17(9-6-15)24-14-19(23)21-16-7-10-18(20-13-16)22-11-3-2-4-12-22/h5-10,13H,2-4,11-12,14H2,1H3,(H,21,23).